The predicted octanol–water partition coefficient (Wildman–Crippen LogP) is 5.77. The lowest BCUT2D eigenvalue weighted by molar-refractivity contribution is 0.306. The maximum atomic E-state index is 6.19. The van der Waals surface area contributed by atoms with Crippen molar-refractivity contribution in [3.63, 3.8) is 0 Å². The van der Waals surface area contributed by atoms with Crippen molar-refractivity contribution in [3.8, 4) is 5.75 Å². The van der Waals surface area contributed by atoms with Crippen LogP contribution in [0.5, 0.6) is 5.75 Å². The summed E-state index contributed by atoms with van der Waals surface area (Å²) in [4.78, 5) is 4.36. The van der Waals surface area contributed by atoms with Gasteiger partial charge in [0, 0.05) is 16.0 Å². The summed E-state index contributed by atoms with van der Waals surface area (Å²) in [6, 6.07) is 14.8. The third-order valence-corrected chi connectivity index (χ3v) is 3.88. The fourth-order valence-electron chi connectivity index (χ4n) is 1.99. The number of nitrogens with zero attached hydrogens (tertiary/aromatic N) is 1. The van der Waals surface area contributed by atoms with Crippen LogP contribution in [-0.2, 0) is 6.61 Å². The Morgan fingerprint density at radius 3 is 2.57 bits per heavy atom. The number of hydrogen-bond donors (Lipinski definition) is 0. The number of aromatic nitrogens is 1. The Balaban J connectivity index is 1.86. The molecule has 0 N–H and O–H groups in total. The van der Waals surface area contributed by atoms with Crippen LogP contribution >= 0.6 is 34.8 Å². The zero-order chi connectivity index (χ0) is 14.8. The minimum Gasteiger partial charge on any atom is -0.487 e. The third kappa shape index (κ3) is 3.24. The van der Waals surface area contributed by atoms with Crippen LogP contribution in [0.25, 0.3) is 10.9 Å². The number of para-hydroxylation sites is 1. The summed E-state index contributed by atoms with van der Waals surface area (Å²) >= 11 is 18.1. The Morgan fingerprint density at radius 2 is 1.76 bits per heavy atom. The number of benzene rings is 2. The first-order chi connectivity index (χ1) is 10.1. The number of rotatable bonds is 3. The summed E-state index contributed by atoms with van der Waals surface area (Å²) in [6.07, 6.45) is 0. The van der Waals surface area contributed by atoms with Crippen LogP contribution in [0.1, 0.15) is 5.56 Å². The molecule has 0 bridgehead atoms. The topological polar surface area (TPSA) is 22.1 Å². The normalized spacial score (nSPS) is 10.8. The molecule has 1 aromatic heterocycles. The standard InChI is InChI=1S/C16H10Cl3NO/c17-12-5-6-15(13(18)8-12)21-9-11-7-10-3-1-2-4-14(10)20-16(11)19/h1-8H,9H2. The Morgan fingerprint density at radius 1 is 0.952 bits per heavy atom. The SMILES string of the molecule is Clc1ccc(OCc2cc3ccccc3nc2Cl)c(Cl)c1. The molecule has 0 amide bonds. The lowest BCUT2D eigenvalue weighted by Gasteiger charge is -2.10. The quantitative estimate of drug-likeness (QED) is 0.565. The van der Waals surface area contributed by atoms with E-state index in [0.717, 1.165) is 16.5 Å². The van der Waals surface area contributed by atoms with Gasteiger partial charge in [0.05, 0.1) is 10.5 Å². The molecule has 0 radical (unpaired) electrons. The van der Waals surface area contributed by atoms with Gasteiger partial charge in [-0.05, 0) is 30.3 Å². The molecule has 0 saturated carbocycles. The van der Waals surface area contributed by atoms with Gasteiger partial charge >= 0.3 is 0 Å². The molecule has 0 saturated heterocycles. The third-order valence-electron chi connectivity index (χ3n) is 3.03. The number of ether oxygens (including phenoxy) is 1. The Labute approximate surface area is 137 Å². The number of halogens is 3. The molecule has 1 heterocycles. The van der Waals surface area contributed by atoms with Crippen molar-refractivity contribution in [2.45, 2.75) is 6.61 Å². The van der Waals surface area contributed by atoms with Crippen LogP contribution in [0.15, 0.2) is 48.5 Å². The van der Waals surface area contributed by atoms with Gasteiger partial charge in [0.15, 0.2) is 0 Å². The lowest BCUT2D eigenvalue weighted by Crippen LogP contribution is -1.98. The maximum Gasteiger partial charge on any atom is 0.138 e. The molecule has 2 nitrogen and oxygen atoms in total. The van der Waals surface area contributed by atoms with Crippen molar-refractivity contribution in [1.82, 2.24) is 4.98 Å². The second-order valence-corrected chi connectivity index (χ2v) is 5.70. The molecule has 0 aliphatic rings. The minimum atomic E-state index is 0.290. The van der Waals surface area contributed by atoms with Gasteiger partial charge in [-0.3, -0.25) is 0 Å². The highest BCUT2D eigenvalue weighted by atomic mass is 35.5. The van der Waals surface area contributed by atoms with E-state index >= 15 is 0 Å². The van der Waals surface area contributed by atoms with E-state index in [2.05, 4.69) is 4.98 Å². The van der Waals surface area contributed by atoms with Gasteiger partial charge in [-0.2, -0.15) is 0 Å². The number of pyridine rings is 1. The van der Waals surface area contributed by atoms with E-state index in [9.17, 15) is 0 Å². The highest BCUT2D eigenvalue weighted by Gasteiger charge is 2.08. The van der Waals surface area contributed by atoms with Crippen molar-refractivity contribution in [2.75, 3.05) is 0 Å². The summed E-state index contributed by atoms with van der Waals surface area (Å²) < 4.78 is 5.69. The largest absolute Gasteiger partial charge is 0.487 e. The zero-order valence-corrected chi connectivity index (χ0v) is 13.1. The zero-order valence-electron chi connectivity index (χ0n) is 10.8. The smallest absolute Gasteiger partial charge is 0.138 e. The van der Waals surface area contributed by atoms with E-state index < -0.39 is 0 Å². The van der Waals surface area contributed by atoms with E-state index in [4.69, 9.17) is 39.5 Å². The molecule has 21 heavy (non-hydrogen) atoms. The van der Waals surface area contributed by atoms with Crippen LogP contribution in [0.2, 0.25) is 15.2 Å². The van der Waals surface area contributed by atoms with Gasteiger partial charge in [0.1, 0.15) is 17.5 Å². The molecule has 0 atom stereocenters. The van der Waals surface area contributed by atoms with E-state index in [0.29, 0.717) is 20.9 Å². The van der Waals surface area contributed by atoms with Gasteiger partial charge in [-0.15, -0.1) is 0 Å². The van der Waals surface area contributed by atoms with Crippen LogP contribution < -0.4 is 4.74 Å². The molecule has 5 heteroatoms. The first kappa shape index (κ1) is 14.5. The van der Waals surface area contributed by atoms with Gasteiger partial charge in [0.25, 0.3) is 0 Å². The van der Waals surface area contributed by atoms with E-state index in [1.807, 2.05) is 30.3 Å². The van der Waals surface area contributed by atoms with Crippen LogP contribution in [-0.4, -0.2) is 4.98 Å². The first-order valence-corrected chi connectivity index (χ1v) is 7.39. The first-order valence-electron chi connectivity index (χ1n) is 6.25. The van der Waals surface area contributed by atoms with Crippen molar-refractivity contribution in [1.29, 1.82) is 0 Å². The number of hydrogen-bond acceptors (Lipinski definition) is 2. The summed E-state index contributed by atoms with van der Waals surface area (Å²) in [5.41, 5.74) is 1.66. The van der Waals surface area contributed by atoms with Gasteiger partial charge in [-0.1, -0.05) is 53.0 Å². The highest BCUT2D eigenvalue weighted by Crippen LogP contribution is 2.29. The lowest BCUT2D eigenvalue weighted by atomic mass is 10.2. The van der Waals surface area contributed by atoms with E-state index in [1.54, 1.807) is 18.2 Å². The van der Waals surface area contributed by atoms with Gasteiger partial charge < -0.3 is 4.74 Å². The van der Waals surface area contributed by atoms with E-state index in [1.165, 1.54) is 0 Å². The second kappa shape index (κ2) is 6.10. The summed E-state index contributed by atoms with van der Waals surface area (Å²) in [5, 5.41) is 2.48. The fraction of sp³-hybridized carbons (Fsp3) is 0.0625. The monoisotopic (exact) mass is 337 g/mol. The molecule has 106 valence electrons. The van der Waals surface area contributed by atoms with Crippen molar-refractivity contribution < 1.29 is 4.74 Å². The van der Waals surface area contributed by atoms with E-state index in [-0.39, 0.29) is 6.61 Å². The Bertz CT molecular complexity index is 805. The van der Waals surface area contributed by atoms with Crippen LogP contribution in [0.4, 0.5) is 0 Å². The van der Waals surface area contributed by atoms with Gasteiger partial charge in [-0.25, -0.2) is 4.98 Å². The average molecular weight is 339 g/mol. The molecule has 2 aromatic carbocycles. The highest BCUT2D eigenvalue weighted by molar-refractivity contribution is 6.35. The second-order valence-electron chi connectivity index (χ2n) is 4.49. The maximum absolute atomic E-state index is 6.19. The molecule has 3 rings (SSSR count). The molecule has 0 aliphatic carbocycles. The molecule has 0 spiro atoms. The molecule has 0 aliphatic heterocycles. The summed E-state index contributed by atoms with van der Waals surface area (Å²) in [7, 11) is 0. The molecule has 0 unspecified atom stereocenters. The van der Waals surface area contributed by atoms with Crippen molar-refractivity contribution in [2.24, 2.45) is 0 Å². The minimum absolute atomic E-state index is 0.290. The average Bonchev–Trinajstić information content (AvgIpc) is 2.46. The summed E-state index contributed by atoms with van der Waals surface area (Å²) in [6.45, 7) is 0.290. The van der Waals surface area contributed by atoms with Crippen molar-refractivity contribution in [3.05, 3.63) is 69.3 Å². The Hall–Kier alpha value is -1.48. The van der Waals surface area contributed by atoms with Crippen LogP contribution in [0.3, 0.4) is 0 Å². The van der Waals surface area contributed by atoms with Crippen molar-refractivity contribution >= 4 is 45.7 Å². The summed E-state index contributed by atoms with van der Waals surface area (Å²) in [5.74, 6) is 0.560. The molecule has 3 aromatic rings. The van der Waals surface area contributed by atoms with Gasteiger partial charge in [0.2, 0.25) is 0 Å². The Kier molecular flexibility index (Phi) is 4.20. The molecular formula is C16H10Cl3NO. The number of fused-ring (bicyclic) bond motifs is 1. The molecular weight excluding hydrogens is 329 g/mol. The fourth-order valence-corrected chi connectivity index (χ4v) is 2.65. The van der Waals surface area contributed by atoms with Crippen LogP contribution in [0, 0.1) is 0 Å². The predicted molar refractivity (Wildman–Crippen MR) is 87.5 cm³/mol. The molecule has 0 fully saturated rings.